The summed E-state index contributed by atoms with van der Waals surface area (Å²) in [6.45, 7) is 0. The van der Waals surface area contributed by atoms with Crippen LogP contribution < -0.4 is 5.73 Å². The van der Waals surface area contributed by atoms with Crippen molar-refractivity contribution in [2.24, 2.45) is 5.73 Å². The van der Waals surface area contributed by atoms with Crippen LogP contribution in [0.3, 0.4) is 0 Å². The van der Waals surface area contributed by atoms with E-state index in [4.69, 9.17) is 5.73 Å². The van der Waals surface area contributed by atoms with Crippen LogP contribution >= 0.6 is 0 Å². The van der Waals surface area contributed by atoms with Crippen LogP contribution in [0.25, 0.3) is 5.57 Å². The van der Waals surface area contributed by atoms with Gasteiger partial charge in [-0.05, 0) is 29.3 Å². The number of esters is 1. The van der Waals surface area contributed by atoms with Crippen LogP contribution in [0.1, 0.15) is 12.0 Å². The summed E-state index contributed by atoms with van der Waals surface area (Å²) in [6.07, 6.45) is 2.72. The molecular formula is C14H13F2NO2. The van der Waals surface area contributed by atoms with Crippen molar-refractivity contribution < 1.29 is 18.3 Å². The third-order valence-electron chi connectivity index (χ3n) is 2.97. The minimum Gasteiger partial charge on any atom is -0.466 e. The van der Waals surface area contributed by atoms with Crippen molar-refractivity contribution in [1.82, 2.24) is 0 Å². The van der Waals surface area contributed by atoms with Crippen LogP contribution in [-0.2, 0) is 9.53 Å². The van der Waals surface area contributed by atoms with Crippen molar-refractivity contribution >= 4 is 11.5 Å². The molecule has 0 bridgehead atoms. The first kappa shape index (κ1) is 13.4. The van der Waals surface area contributed by atoms with Gasteiger partial charge in [0.15, 0.2) is 5.79 Å². The second-order valence-electron chi connectivity index (χ2n) is 4.31. The number of nitrogens with two attached hydrogens (primary N) is 1. The van der Waals surface area contributed by atoms with Gasteiger partial charge in [-0.15, -0.1) is 0 Å². The molecule has 3 nitrogen and oxygen atoms in total. The average molecular weight is 265 g/mol. The van der Waals surface area contributed by atoms with E-state index in [0.717, 1.165) is 0 Å². The Balaban J connectivity index is 2.36. The highest BCUT2D eigenvalue weighted by molar-refractivity contribution is 5.93. The van der Waals surface area contributed by atoms with Crippen LogP contribution in [0, 0.1) is 5.82 Å². The topological polar surface area (TPSA) is 52.3 Å². The molecule has 2 N–H and O–H groups in total. The molecule has 0 fully saturated rings. The number of carbonyl (C=O) groups is 1. The zero-order valence-electron chi connectivity index (χ0n) is 10.3. The Morgan fingerprint density at radius 3 is 2.47 bits per heavy atom. The lowest BCUT2D eigenvalue weighted by Crippen LogP contribution is -2.41. The molecule has 1 aromatic carbocycles. The maximum absolute atomic E-state index is 14.3. The van der Waals surface area contributed by atoms with Gasteiger partial charge in [0.05, 0.1) is 12.7 Å². The largest absolute Gasteiger partial charge is 0.466 e. The predicted molar refractivity (Wildman–Crippen MR) is 67.1 cm³/mol. The molecule has 0 aromatic heterocycles. The van der Waals surface area contributed by atoms with E-state index in [-0.39, 0.29) is 17.8 Å². The molecular weight excluding hydrogens is 252 g/mol. The number of hydrogen-bond acceptors (Lipinski definition) is 3. The van der Waals surface area contributed by atoms with Crippen molar-refractivity contribution in [3.63, 3.8) is 0 Å². The summed E-state index contributed by atoms with van der Waals surface area (Å²) in [5.74, 6) is -3.45. The van der Waals surface area contributed by atoms with E-state index >= 15 is 0 Å². The molecule has 0 heterocycles. The number of hydrogen-bond donors (Lipinski definition) is 1. The van der Waals surface area contributed by atoms with Crippen LogP contribution in [0.4, 0.5) is 8.78 Å². The first-order chi connectivity index (χ1) is 8.94. The number of carbonyl (C=O) groups excluding carboxylic acids is 1. The monoisotopic (exact) mass is 265 g/mol. The molecule has 0 spiro atoms. The minimum atomic E-state index is -2.29. The molecule has 2 rings (SSSR count). The van der Waals surface area contributed by atoms with Gasteiger partial charge in [-0.1, -0.05) is 18.2 Å². The SMILES string of the molecule is COC(=O)C1=CC=C(c2ccc(F)cc2)CC1(N)F. The Kier molecular flexibility index (Phi) is 3.48. The van der Waals surface area contributed by atoms with E-state index in [9.17, 15) is 13.6 Å². The normalized spacial score (nSPS) is 22.5. The number of halogens is 2. The van der Waals surface area contributed by atoms with Crippen LogP contribution in [0.5, 0.6) is 0 Å². The molecule has 5 heteroatoms. The Morgan fingerprint density at radius 1 is 1.32 bits per heavy atom. The fourth-order valence-electron chi connectivity index (χ4n) is 1.96. The molecule has 0 saturated heterocycles. The highest BCUT2D eigenvalue weighted by atomic mass is 19.1. The predicted octanol–water partition coefficient (Wildman–Crippen LogP) is 2.34. The molecule has 1 aliphatic carbocycles. The molecule has 1 atom stereocenters. The summed E-state index contributed by atoms with van der Waals surface area (Å²) < 4.78 is 31.6. The average Bonchev–Trinajstić information content (AvgIpc) is 2.37. The zero-order chi connectivity index (χ0) is 14.0. The molecule has 0 radical (unpaired) electrons. The summed E-state index contributed by atoms with van der Waals surface area (Å²) in [5, 5.41) is 0. The van der Waals surface area contributed by atoms with Crippen LogP contribution in [0.15, 0.2) is 42.0 Å². The Labute approximate surface area is 109 Å². The van der Waals surface area contributed by atoms with Crippen LogP contribution in [-0.4, -0.2) is 18.9 Å². The molecule has 100 valence electrons. The Bertz CT molecular complexity index is 559. The number of rotatable bonds is 2. The van der Waals surface area contributed by atoms with Crippen molar-refractivity contribution in [1.29, 1.82) is 0 Å². The quantitative estimate of drug-likeness (QED) is 0.659. The fraction of sp³-hybridized carbons (Fsp3) is 0.214. The Morgan fingerprint density at radius 2 is 1.95 bits per heavy atom. The van der Waals surface area contributed by atoms with E-state index in [1.54, 1.807) is 6.08 Å². The highest BCUT2D eigenvalue weighted by Gasteiger charge is 2.37. The maximum atomic E-state index is 14.3. The summed E-state index contributed by atoms with van der Waals surface area (Å²) in [7, 11) is 1.17. The lowest BCUT2D eigenvalue weighted by Gasteiger charge is -2.26. The molecule has 1 unspecified atom stereocenters. The van der Waals surface area contributed by atoms with Crippen LogP contribution in [0.2, 0.25) is 0 Å². The van der Waals surface area contributed by atoms with Gasteiger partial charge in [0.1, 0.15) is 5.82 Å². The molecule has 1 aromatic rings. The maximum Gasteiger partial charge on any atom is 0.338 e. The number of ether oxygens (including phenoxy) is 1. The van der Waals surface area contributed by atoms with Gasteiger partial charge in [0.25, 0.3) is 0 Å². The van der Waals surface area contributed by atoms with Crippen molar-refractivity contribution in [2.45, 2.75) is 12.2 Å². The third-order valence-corrected chi connectivity index (χ3v) is 2.97. The lowest BCUT2D eigenvalue weighted by atomic mass is 9.88. The van der Waals surface area contributed by atoms with Gasteiger partial charge in [-0.25, -0.2) is 13.6 Å². The van der Waals surface area contributed by atoms with Crippen molar-refractivity contribution in [3.8, 4) is 0 Å². The molecule has 0 amide bonds. The molecule has 19 heavy (non-hydrogen) atoms. The summed E-state index contributed by atoms with van der Waals surface area (Å²) in [6, 6.07) is 5.64. The van der Waals surface area contributed by atoms with Gasteiger partial charge < -0.3 is 4.74 Å². The lowest BCUT2D eigenvalue weighted by molar-refractivity contribution is -0.137. The standard InChI is InChI=1S/C14H13F2NO2/c1-19-13(18)12-7-4-10(8-14(12,16)17)9-2-5-11(15)6-3-9/h2-7H,8,17H2,1H3. The van der Waals surface area contributed by atoms with Crippen molar-refractivity contribution in [2.75, 3.05) is 7.11 Å². The molecule has 1 aliphatic rings. The second kappa shape index (κ2) is 4.93. The second-order valence-corrected chi connectivity index (χ2v) is 4.31. The van der Waals surface area contributed by atoms with Crippen molar-refractivity contribution in [3.05, 3.63) is 53.4 Å². The van der Waals surface area contributed by atoms with E-state index in [0.29, 0.717) is 11.1 Å². The first-order valence-corrected chi connectivity index (χ1v) is 5.67. The van der Waals surface area contributed by atoms with Gasteiger partial charge in [-0.2, -0.15) is 0 Å². The van der Waals surface area contributed by atoms with E-state index in [1.165, 1.54) is 37.5 Å². The summed E-state index contributed by atoms with van der Waals surface area (Å²) in [4.78, 5) is 11.4. The zero-order valence-corrected chi connectivity index (χ0v) is 10.3. The smallest absolute Gasteiger partial charge is 0.338 e. The van der Waals surface area contributed by atoms with Gasteiger partial charge in [0.2, 0.25) is 0 Å². The van der Waals surface area contributed by atoms with E-state index in [1.807, 2.05) is 0 Å². The van der Waals surface area contributed by atoms with E-state index < -0.39 is 11.8 Å². The van der Waals surface area contributed by atoms with Gasteiger partial charge >= 0.3 is 5.97 Å². The fourth-order valence-corrected chi connectivity index (χ4v) is 1.96. The number of methoxy groups -OCH3 is 1. The third kappa shape index (κ3) is 2.71. The molecule has 0 saturated carbocycles. The first-order valence-electron chi connectivity index (χ1n) is 5.67. The summed E-state index contributed by atoms with van der Waals surface area (Å²) >= 11 is 0. The number of alkyl halides is 1. The summed E-state index contributed by atoms with van der Waals surface area (Å²) in [5.41, 5.74) is 6.54. The minimum absolute atomic E-state index is 0.167. The van der Waals surface area contributed by atoms with E-state index in [2.05, 4.69) is 4.74 Å². The Hall–Kier alpha value is -2.01. The molecule has 0 aliphatic heterocycles. The number of allylic oxidation sites excluding steroid dienone is 2. The van der Waals surface area contributed by atoms with Gasteiger partial charge in [0, 0.05) is 6.42 Å². The van der Waals surface area contributed by atoms with Gasteiger partial charge in [-0.3, -0.25) is 5.73 Å². The highest BCUT2D eigenvalue weighted by Crippen LogP contribution is 2.34. The number of benzene rings is 1.